The fourth-order valence-corrected chi connectivity index (χ4v) is 3.31. The van der Waals surface area contributed by atoms with Crippen LogP contribution in [0.2, 0.25) is 0 Å². The van der Waals surface area contributed by atoms with Gasteiger partial charge in [-0.2, -0.15) is 0 Å². The maximum Gasteiger partial charge on any atom is 0.408 e. The van der Waals surface area contributed by atoms with Crippen molar-refractivity contribution in [2.24, 2.45) is 0 Å². The lowest BCUT2D eigenvalue weighted by Gasteiger charge is -2.27. The van der Waals surface area contributed by atoms with E-state index in [4.69, 9.17) is 14.2 Å². The highest BCUT2D eigenvalue weighted by atomic mass is 16.6. The fourth-order valence-electron chi connectivity index (χ4n) is 3.31. The Kier molecular flexibility index (Phi) is 9.08. The van der Waals surface area contributed by atoms with Gasteiger partial charge in [0, 0.05) is 0 Å². The Balaban J connectivity index is 1.67. The largest absolute Gasteiger partial charge is 0.489 e. The monoisotopic (exact) mass is 463 g/mol. The van der Waals surface area contributed by atoms with Crippen molar-refractivity contribution < 1.29 is 24.1 Å². The number of carbonyl (C=O) groups excluding carboxylic acids is 1. The highest BCUT2D eigenvalue weighted by Crippen LogP contribution is 2.18. The van der Waals surface area contributed by atoms with Crippen molar-refractivity contribution >= 4 is 6.09 Å². The summed E-state index contributed by atoms with van der Waals surface area (Å²) in [5.74, 6) is 0.706. The predicted octanol–water partition coefficient (Wildman–Crippen LogP) is 5.24. The van der Waals surface area contributed by atoms with Crippen LogP contribution in [-0.2, 0) is 29.1 Å². The molecule has 0 bridgehead atoms. The van der Waals surface area contributed by atoms with Crippen LogP contribution in [0, 0.1) is 0 Å². The summed E-state index contributed by atoms with van der Waals surface area (Å²) in [6.07, 6.45) is -1.52. The third kappa shape index (κ3) is 8.89. The molecule has 0 radical (unpaired) electrons. The highest BCUT2D eigenvalue weighted by Gasteiger charge is 2.26. The second kappa shape index (κ2) is 12.2. The minimum atomic E-state index is -1.23. The number of hydrogen-bond donors (Lipinski definition) is 2. The SMILES string of the molecule is CC(C)(C)OC(=O)N[C@@H](Cc1cccc(OCc2ccccc2)c1)C(O)OCc1ccccc1. The molecule has 0 heterocycles. The summed E-state index contributed by atoms with van der Waals surface area (Å²) in [7, 11) is 0. The molecule has 2 atom stereocenters. The molecule has 3 aromatic carbocycles. The van der Waals surface area contributed by atoms with Gasteiger partial charge in [-0.3, -0.25) is 0 Å². The summed E-state index contributed by atoms with van der Waals surface area (Å²) >= 11 is 0. The van der Waals surface area contributed by atoms with Crippen LogP contribution in [0.1, 0.15) is 37.5 Å². The standard InChI is InChI=1S/C28H33NO5/c1-28(2,3)34-27(31)29-25(26(30)33-20-22-13-8-5-9-14-22)18-23-15-10-16-24(17-23)32-19-21-11-6-4-7-12-21/h4-17,25-26,30H,18-20H2,1-3H3,(H,29,31)/t25-,26?/m0/s1. The van der Waals surface area contributed by atoms with Crippen LogP contribution < -0.4 is 10.1 Å². The summed E-state index contributed by atoms with van der Waals surface area (Å²) in [5.41, 5.74) is 2.22. The van der Waals surface area contributed by atoms with E-state index in [0.29, 0.717) is 18.8 Å². The summed E-state index contributed by atoms with van der Waals surface area (Å²) in [5, 5.41) is 13.5. The molecule has 3 aromatic rings. The molecule has 6 nitrogen and oxygen atoms in total. The van der Waals surface area contributed by atoms with Crippen molar-refractivity contribution in [3.8, 4) is 5.75 Å². The van der Waals surface area contributed by atoms with Crippen molar-refractivity contribution in [3.63, 3.8) is 0 Å². The van der Waals surface area contributed by atoms with Gasteiger partial charge in [0.1, 0.15) is 18.0 Å². The number of aliphatic hydroxyl groups is 1. The van der Waals surface area contributed by atoms with Gasteiger partial charge in [-0.05, 0) is 56.0 Å². The lowest BCUT2D eigenvalue weighted by atomic mass is 10.1. The van der Waals surface area contributed by atoms with Gasteiger partial charge in [0.15, 0.2) is 6.29 Å². The van der Waals surface area contributed by atoms with Crippen LogP contribution in [0.3, 0.4) is 0 Å². The predicted molar refractivity (Wildman–Crippen MR) is 131 cm³/mol. The summed E-state index contributed by atoms with van der Waals surface area (Å²) in [6.45, 7) is 6.04. The van der Waals surface area contributed by atoms with Gasteiger partial charge in [-0.25, -0.2) is 4.79 Å². The van der Waals surface area contributed by atoms with E-state index >= 15 is 0 Å². The molecular formula is C28H33NO5. The van der Waals surface area contributed by atoms with E-state index in [1.807, 2.05) is 84.9 Å². The molecular weight excluding hydrogens is 430 g/mol. The number of carbonyl (C=O) groups is 1. The van der Waals surface area contributed by atoms with Crippen LogP contribution in [-0.4, -0.2) is 29.1 Å². The minimum absolute atomic E-state index is 0.217. The van der Waals surface area contributed by atoms with Gasteiger partial charge in [0.2, 0.25) is 0 Å². The number of benzene rings is 3. The number of amides is 1. The molecule has 34 heavy (non-hydrogen) atoms. The Morgan fingerprint density at radius 3 is 2.06 bits per heavy atom. The number of ether oxygens (including phenoxy) is 3. The molecule has 0 aliphatic heterocycles. The first kappa shape index (κ1) is 25.3. The Morgan fingerprint density at radius 1 is 0.853 bits per heavy atom. The zero-order valence-corrected chi connectivity index (χ0v) is 19.9. The molecule has 0 spiro atoms. The zero-order valence-electron chi connectivity index (χ0n) is 19.9. The van der Waals surface area contributed by atoms with Crippen LogP contribution in [0.5, 0.6) is 5.75 Å². The number of alkyl carbamates (subject to hydrolysis) is 1. The quantitative estimate of drug-likeness (QED) is 0.402. The van der Waals surface area contributed by atoms with E-state index < -0.39 is 24.0 Å². The van der Waals surface area contributed by atoms with E-state index in [1.54, 1.807) is 20.8 Å². The van der Waals surface area contributed by atoms with Gasteiger partial charge in [-0.1, -0.05) is 72.8 Å². The van der Waals surface area contributed by atoms with E-state index in [0.717, 1.165) is 16.7 Å². The minimum Gasteiger partial charge on any atom is -0.489 e. The second-order valence-electron chi connectivity index (χ2n) is 9.07. The van der Waals surface area contributed by atoms with Crippen LogP contribution >= 0.6 is 0 Å². The molecule has 1 amide bonds. The van der Waals surface area contributed by atoms with Crippen molar-refractivity contribution in [2.45, 2.75) is 58.3 Å². The summed E-state index contributed by atoms with van der Waals surface area (Å²) < 4.78 is 17.0. The Morgan fingerprint density at radius 2 is 1.44 bits per heavy atom. The molecule has 2 N–H and O–H groups in total. The van der Waals surface area contributed by atoms with E-state index in [9.17, 15) is 9.90 Å². The van der Waals surface area contributed by atoms with Gasteiger partial charge in [0.05, 0.1) is 12.6 Å². The summed E-state index contributed by atoms with van der Waals surface area (Å²) in [4.78, 5) is 12.4. The molecule has 0 fully saturated rings. The highest BCUT2D eigenvalue weighted by molar-refractivity contribution is 5.68. The first-order chi connectivity index (χ1) is 16.3. The number of hydrogen-bond acceptors (Lipinski definition) is 5. The topological polar surface area (TPSA) is 77.0 Å². The van der Waals surface area contributed by atoms with Crippen LogP contribution in [0.25, 0.3) is 0 Å². The fraction of sp³-hybridized carbons (Fsp3) is 0.321. The van der Waals surface area contributed by atoms with E-state index in [2.05, 4.69) is 5.32 Å². The number of rotatable bonds is 10. The number of nitrogens with one attached hydrogen (secondary N) is 1. The Labute approximate surface area is 201 Å². The average Bonchev–Trinajstić information content (AvgIpc) is 2.81. The van der Waals surface area contributed by atoms with Gasteiger partial charge >= 0.3 is 6.09 Å². The first-order valence-electron chi connectivity index (χ1n) is 11.4. The van der Waals surface area contributed by atoms with Gasteiger partial charge in [0.25, 0.3) is 0 Å². The maximum atomic E-state index is 12.4. The normalized spacial score (nSPS) is 13.1. The van der Waals surface area contributed by atoms with Crippen LogP contribution in [0.4, 0.5) is 4.79 Å². The molecule has 0 aromatic heterocycles. The van der Waals surface area contributed by atoms with Crippen molar-refractivity contribution in [3.05, 3.63) is 102 Å². The smallest absolute Gasteiger partial charge is 0.408 e. The third-order valence-electron chi connectivity index (χ3n) is 4.91. The Hall–Kier alpha value is -3.35. The maximum absolute atomic E-state index is 12.4. The first-order valence-corrected chi connectivity index (χ1v) is 11.4. The van der Waals surface area contributed by atoms with E-state index in [-0.39, 0.29) is 6.61 Å². The van der Waals surface area contributed by atoms with Crippen molar-refractivity contribution in [1.82, 2.24) is 5.32 Å². The van der Waals surface area contributed by atoms with Crippen molar-refractivity contribution in [2.75, 3.05) is 0 Å². The molecule has 180 valence electrons. The Bertz CT molecular complexity index is 1020. The molecule has 0 saturated heterocycles. The number of aliphatic hydroxyl groups excluding tert-OH is 1. The van der Waals surface area contributed by atoms with E-state index in [1.165, 1.54) is 0 Å². The summed E-state index contributed by atoms with van der Waals surface area (Å²) in [6, 6.07) is 26.3. The molecule has 6 heteroatoms. The second-order valence-corrected chi connectivity index (χ2v) is 9.07. The van der Waals surface area contributed by atoms with Crippen molar-refractivity contribution in [1.29, 1.82) is 0 Å². The lowest BCUT2D eigenvalue weighted by molar-refractivity contribution is -0.127. The average molecular weight is 464 g/mol. The molecule has 0 saturated carbocycles. The van der Waals surface area contributed by atoms with Crippen LogP contribution in [0.15, 0.2) is 84.9 Å². The van der Waals surface area contributed by atoms with Gasteiger partial charge < -0.3 is 24.6 Å². The van der Waals surface area contributed by atoms with Gasteiger partial charge in [-0.15, -0.1) is 0 Å². The molecule has 3 rings (SSSR count). The lowest BCUT2D eigenvalue weighted by Crippen LogP contribution is -2.47. The third-order valence-corrected chi connectivity index (χ3v) is 4.91. The zero-order chi connectivity index (χ0) is 24.4. The molecule has 0 aliphatic rings. The molecule has 1 unspecified atom stereocenters. The molecule has 0 aliphatic carbocycles.